The lowest BCUT2D eigenvalue weighted by Crippen LogP contribution is -2.18. The van der Waals surface area contributed by atoms with Gasteiger partial charge in [0.2, 0.25) is 0 Å². The van der Waals surface area contributed by atoms with E-state index in [4.69, 9.17) is 14.2 Å². The monoisotopic (exact) mass is 337 g/mol. The molecule has 1 atom stereocenters. The Morgan fingerprint density at radius 2 is 2.00 bits per heavy atom. The molecule has 1 aromatic heterocycles. The Morgan fingerprint density at radius 3 is 2.54 bits per heavy atom. The Balaban J connectivity index is 2.22. The standard InChI is InChI=1S/C13H15N5O6/c1-8(6-24-13(19)17-7-14-15-16-17)9-4-11(22-2)12(23-3)5-10(9)18(20)21/h4-5,7-8H,6H2,1-3H3. The number of benzene rings is 1. The molecule has 0 bridgehead atoms. The molecule has 0 aliphatic carbocycles. The number of carbonyl (C=O) groups excluding carboxylic acids is 1. The molecule has 24 heavy (non-hydrogen) atoms. The number of nitro groups is 1. The van der Waals surface area contributed by atoms with Crippen LogP contribution in [-0.4, -0.2) is 52.1 Å². The van der Waals surface area contributed by atoms with Gasteiger partial charge in [0.05, 0.1) is 25.2 Å². The van der Waals surface area contributed by atoms with Crippen molar-refractivity contribution in [2.24, 2.45) is 0 Å². The summed E-state index contributed by atoms with van der Waals surface area (Å²) >= 11 is 0. The van der Waals surface area contributed by atoms with Crippen LogP contribution in [0.3, 0.4) is 0 Å². The number of tetrazole rings is 1. The summed E-state index contributed by atoms with van der Waals surface area (Å²) < 4.78 is 16.1. The van der Waals surface area contributed by atoms with Gasteiger partial charge in [-0.1, -0.05) is 6.92 Å². The lowest BCUT2D eigenvalue weighted by Gasteiger charge is -2.15. The van der Waals surface area contributed by atoms with Gasteiger partial charge in [0.25, 0.3) is 5.69 Å². The fourth-order valence-corrected chi connectivity index (χ4v) is 2.03. The average molecular weight is 337 g/mol. The van der Waals surface area contributed by atoms with Crippen molar-refractivity contribution in [2.75, 3.05) is 20.8 Å². The Hall–Kier alpha value is -3.24. The van der Waals surface area contributed by atoms with Gasteiger partial charge in [-0.2, -0.15) is 0 Å². The molecule has 0 N–H and O–H groups in total. The summed E-state index contributed by atoms with van der Waals surface area (Å²) in [5.41, 5.74) is 0.195. The number of hydrogen-bond donors (Lipinski definition) is 0. The van der Waals surface area contributed by atoms with Crippen LogP contribution in [0.5, 0.6) is 11.5 Å². The summed E-state index contributed by atoms with van der Waals surface area (Å²) in [7, 11) is 2.81. The van der Waals surface area contributed by atoms with E-state index in [0.717, 1.165) is 11.0 Å². The molecule has 0 saturated heterocycles. The van der Waals surface area contributed by atoms with Crippen LogP contribution < -0.4 is 9.47 Å². The van der Waals surface area contributed by atoms with Gasteiger partial charge in [-0.05, 0) is 16.5 Å². The second-order valence-corrected chi connectivity index (χ2v) is 4.76. The summed E-state index contributed by atoms with van der Waals surface area (Å²) in [6.45, 7) is 1.58. The van der Waals surface area contributed by atoms with Crippen molar-refractivity contribution < 1.29 is 23.9 Å². The predicted molar refractivity (Wildman–Crippen MR) is 79.2 cm³/mol. The summed E-state index contributed by atoms with van der Waals surface area (Å²) in [4.78, 5) is 22.5. The Kier molecular flexibility index (Phi) is 5.24. The fraction of sp³-hybridized carbons (Fsp3) is 0.385. The number of hydrogen-bond acceptors (Lipinski definition) is 9. The van der Waals surface area contributed by atoms with Gasteiger partial charge in [0.1, 0.15) is 6.61 Å². The Morgan fingerprint density at radius 1 is 1.33 bits per heavy atom. The number of nitro benzene ring substituents is 1. The zero-order valence-corrected chi connectivity index (χ0v) is 13.2. The third-order valence-electron chi connectivity index (χ3n) is 3.25. The molecule has 0 spiro atoms. The molecule has 0 fully saturated rings. The highest BCUT2D eigenvalue weighted by molar-refractivity contribution is 5.68. The minimum Gasteiger partial charge on any atom is -0.493 e. The molecular formula is C13H15N5O6. The molecule has 0 aliphatic heterocycles. The first-order chi connectivity index (χ1) is 11.5. The lowest BCUT2D eigenvalue weighted by atomic mass is 9.99. The van der Waals surface area contributed by atoms with Crippen LogP contribution in [0.1, 0.15) is 18.4 Å². The van der Waals surface area contributed by atoms with E-state index in [2.05, 4.69) is 15.5 Å². The van der Waals surface area contributed by atoms with Crippen molar-refractivity contribution in [1.82, 2.24) is 20.2 Å². The van der Waals surface area contributed by atoms with E-state index >= 15 is 0 Å². The third-order valence-corrected chi connectivity index (χ3v) is 3.25. The average Bonchev–Trinajstić information content (AvgIpc) is 3.12. The number of ether oxygens (including phenoxy) is 3. The molecule has 11 nitrogen and oxygen atoms in total. The summed E-state index contributed by atoms with van der Waals surface area (Å²) in [6, 6.07) is 2.76. The molecule has 1 heterocycles. The van der Waals surface area contributed by atoms with Crippen LogP contribution in [0, 0.1) is 10.1 Å². The molecule has 1 aromatic carbocycles. The summed E-state index contributed by atoms with van der Waals surface area (Å²) in [5.74, 6) is 0.119. The smallest absolute Gasteiger partial charge is 0.437 e. The topological polar surface area (TPSA) is 132 Å². The van der Waals surface area contributed by atoms with Crippen molar-refractivity contribution in [3.05, 3.63) is 34.1 Å². The first kappa shape index (κ1) is 17.1. The number of rotatable bonds is 6. The first-order valence-corrected chi connectivity index (χ1v) is 6.78. The molecule has 2 aromatic rings. The van der Waals surface area contributed by atoms with Gasteiger partial charge in [-0.25, -0.2) is 4.79 Å². The first-order valence-electron chi connectivity index (χ1n) is 6.78. The van der Waals surface area contributed by atoms with Crippen LogP contribution in [0.15, 0.2) is 18.5 Å². The van der Waals surface area contributed by atoms with Crippen LogP contribution in [0.4, 0.5) is 10.5 Å². The van der Waals surface area contributed by atoms with Gasteiger partial charge in [0.15, 0.2) is 17.8 Å². The van der Waals surface area contributed by atoms with Crippen LogP contribution in [-0.2, 0) is 4.74 Å². The second kappa shape index (κ2) is 7.35. The second-order valence-electron chi connectivity index (χ2n) is 4.76. The minimum atomic E-state index is -0.782. The molecule has 0 saturated carbocycles. The van der Waals surface area contributed by atoms with Crippen molar-refractivity contribution in [2.45, 2.75) is 12.8 Å². The normalized spacial score (nSPS) is 11.6. The minimum absolute atomic E-state index is 0.102. The molecular weight excluding hydrogens is 322 g/mol. The molecule has 0 amide bonds. The molecule has 128 valence electrons. The highest BCUT2D eigenvalue weighted by Crippen LogP contribution is 2.37. The maximum Gasteiger partial charge on any atom is 0.437 e. The van der Waals surface area contributed by atoms with E-state index in [1.54, 1.807) is 6.92 Å². The zero-order chi connectivity index (χ0) is 17.7. The molecule has 1 unspecified atom stereocenters. The van der Waals surface area contributed by atoms with Crippen molar-refractivity contribution in [3.8, 4) is 11.5 Å². The van der Waals surface area contributed by atoms with Crippen molar-refractivity contribution >= 4 is 11.8 Å². The molecule has 0 radical (unpaired) electrons. The number of nitrogens with zero attached hydrogens (tertiary/aromatic N) is 5. The van der Waals surface area contributed by atoms with Gasteiger partial charge >= 0.3 is 6.09 Å². The van der Waals surface area contributed by atoms with E-state index in [-0.39, 0.29) is 18.0 Å². The lowest BCUT2D eigenvalue weighted by molar-refractivity contribution is -0.385. The van der Waals surface area contributed by atoms with Crippen LogP contribution >= 0.6 is 0 Å². The largest absolute Gasteiger partial charge is 0.493 e. The Bertz CT molecular complexity index is 733. The predicted octanol–water partition coefficient (Wildman–Crippen LogP) is 1.39. The van der Waals surface area contributed by atoms with E-state index in [1.807, 2.05) is 0 Å². The molecule has 2 rings (SSSR count). The van der Waals surface area contributed by atoms with E-state index in [0.29, 0.717) is 11.3 Å². The quantitative estimate of drug-likeness (QED) is 0.435. The zero-order valence-electron chi connectivity index (χ0n) is 13.2. The highest BCUT2D eigenvalue weighted by atomic mass is 16.6. The van der Waals surface area contributed by atoms with Crippen molar-refractivity contribution in [3.63, 3.8) is 0 Å². The number of aromatic nitrogens is 4. The maximum absolute atomic E-state index is 11.7. The SMILES string of the molecule is COc1cc(C(C)COC(=O)n2cnnn2)c([N+](=O)[O-])cc1OC. The molecule has 0 aliphatic rings. The van der Waals surface area contributed by atoms with Gasteiger partial charge in [0, 0.05) is 11.5 Å². The third kappa shape index (κ3) is 3.56. The Labute approximate surface area is 136 Å². The summed E-state index contributed by atoms with van der Waals surface area (Å²) in [5, 5.41) is 21.3. The van der Waals surface area contributed by atoms with Gasteiger partial charge in [-0.3, -0.25) is 10.1 Å². The van der Waals surface area contributed by atoms with E-state index in [1.165, 1.54) is 26.4 Å². The van der Waals surface area contributed by atoms with Gasteiger partial charge in [-0.15, -0.1) is 9.78 Å². The fourth-order valence-electron chi connectivity index (χ4n) is 2.03. The van der Waals surface area contributed by atoms with Gasteiger partial charge < -0.3 is 14.2 Å². The highest BCUT2D eigenvalue weighted by Gasteiger charge is 2.24. The molecule has 11 heteroatoms. The number of carbonyl (C=O) groups is 1. The van der Waals surface area contributed by atoms with Crippen LogP contribution in [0.2, 0.25) is 0 Å². The van der Waals surface area contributed by atoms with E-state index < -0.39 is 16.9 Å². The van der Waals surface area contributed by atoms with Crippen molar-refractivity contribution in [1.29, 1.82) is 0 Å². The number of methoxy groups -OCH3 is 2. The maximum atomic E-state index is 11.7. The van der Waals surface area contributed by atoms with E-state index in [9.17, 15) is 14.9 Å². The van der Waals surface area contributed by atoms with Crippen LogP contribution in [0.25, 0.3) is 0 Å². The summed E-state index contributed by atoms with van der Waals surface area (Å²) in [6.07, 6.45) is 0.307.